The van der Waals surface area contributed by atoms with Gasteiger partial charge in [0.25, 0.3) is 0 Å². The molecule has 0 spiro atoms. The van der Waals surface area contributed by atoms with Gasteiger partial charge in [-0.1, -0.05) is 6.58 Å². The van der Waals surface area contributed by atoms with Crippen LogP contribution in [0.3, 0.4) is 0 Å². The van der Waals surface area contributed by atoms with Crippen LogP contribution in [-0.4, -0.2) is 65.0 Å². The number of hydrogen-bond donors (Lipinski definition) is 1. The van der Waals surface area contributed by atoms with Gasteiger partial charge in [0.05, 0.1) is 31.9 Å². The van der Waals surface area contributed by atoms with Gasteiger partial charge in [-0.05, 0) is 28.7 Å². The van der Waals surface area contributed by atoms with Gasteiger partial charge >= 0.3 is 17.9 Å². The van der Waals surface area contributed by atoms with Crippen molar-refractivity contribution < 1.29 is 33.1 Å². The number of anilines is 1. The summed E-state index contributed by atoms with van der Waals surface area (Å²) in [4.78, 5) is 38.5. The smallest absolute Gasteiger partial charge is 0.414 e. The summed E-state index contributed by atoms with van der Waals surface area (Å²) in [6.45, 7) is 6.02. The number of nitrogens with zero attached hydrogens (tertiary/aromatic N) is 4. The molecule has 0 saturated carbocycles. The SMILES string of the molecule is C=C(COC1COc2nc([N+](=O)[O-])cn2C1)c1ccc(N2CC(CNC(C)=O)OC2=O)cc1F. The van der Waals surface area contributed by atoms with Crippen molar-refractivity contribution in [2.75, 3.05) is 31.2 Å². The van der Waals surface area contributed by atoms with E-state index in [-0.39, 0.29) is 49.6 Å². The minimum Gasteiger partial charge on any atom is -0.443 e. The lowest BCUT2D eigenvalue weighted by atomic mass is 10.1. The quantitative estimate of drug-likeness (QED) is 0.451. The summed E-state index contributed by atoms with van der Waals surface area (Å²) in [5, 5.41) is 13.4. The number of halogens is 1. The summed E-state index contributed by atoms with van der Waals surface area (Å²) in [7, 11) is 0. The Hall–Kier alpha value is -4.00. The van der Waals surface area contributed by atoms with Gasteiger partial charge in [-0.15, -0.1) is 0 Å². The lowest BCUT2D eigenvalue weighted by Gasteiger charge is -2.23. The van der Waals surface area contributed by atoms with E-state index < -0.39 is 29.0 Å². The topological polar surface area (TPSA) is 138 Å². The van der Waals surface area contributed by atoms with E-state index in [1.54, 1.807) is 6.07 Å². The second kappa shape index (κ2) is 9.47. The molecule has 13 heteroatoms. The van der Waals surface area contributed by atoms with Crippen molar-refractivity contribution >= 4 is 29.1 Å². The number of carbonyl (C=O) groups is 2. The Balaban J connectivity index is 1.34. The van der Waals surface area contributed by atoms with E-state index in [1.165, 1.54) is 34.7 Å². The van der Waals surface area contributed by atoms with E-state index in [2.05, 4.69) is 16.9 Å². The van der Waals surface area contributed by atoms with Crippen LogP contribution in [0.25, 0.3) is 5.57 Å². The predicted molar refractivity (Wildman–Crippen MR) is 116 cm³/mol. The first kappa shape index (κ1) is 23.2. The Morgan fingerprint density at radius 2 is 2.24 bits per heavy atom. The number of fused-ring (bicyclic) bond motifs is 1. The number of ether oxygens (including phenoxy) is 3. The van der Waals surface area contributed by atoms with Crippen molar-refractivity contribution in [3.05, 3.63) is 52.5 Å². The second-order valence-corrected chi connectivity index (χ2v) is 7.86. The maximum Gasteiger partial charge on any atom is 0.414 e. The molecule has 4 rings (SSSR count). The molecule has 2 aliphatic heterocycles. The Morgan fingerprint density at radius 3 is 2.94 bits per heavy atom. The van der Waals surface area contributed by atoms with E-state index in [9.17, 15) is 24.1 Å². The molecule has 2 atom stereocenters. The first-order valence-electron chi connectivity index (χ1n) is 10.4. The van der Waals surface area contributed by atoms with Gasteiger partial charge in [-0.2, -0.15) is 0 Å². The molecule has 1 aromatic heterocycles. The van der Waals surface area contributed by atoms with E-state index in [4.69, 9.17) is 14.2 Å². The highest BCUT2D eigenvalue weighted by molar-refractivity contribution is 5.90. The zero-order valence-corrected chi connectivity index (χ0v) is 18.2. The molecule has 2 aromatic rings. The fourth-order valence-electron chi connectivity index (χ4n) is 3.61. The van der Waals surface area contributed by atoms with Crippen LogP contribution < -0.4 is 15.0 Å². The van der Waals surface area contributed by atoms with Gasteiger partial charge in [0, 0.05) is 17.5 Å². The molecule has 0 radical (unpaired) electrons. The molecule has 2 amide bonds. The number of carbonyl (C=O) groups excluding carboxylic acids is 2. The number of aromatic nitrogens is 2. The normalized spacial score (nSPS) is 19.2. The average Bonchev–Trinajstić information content (AvgIpc) is 3.39. The highest BCUT2D eigenvalue weighted by atomic mass is 19.1. The maximum atomic E-state index is 14.8. The number of amides is 2. The van der Waals surface area contributed by atoms with Crippen molar-refractivity contribution in [3.63, 3.8) is 0 Å². The van der Waals surface area contributed by atoms with Crippen LogP contribution in [0.4, 0.5) is 20.7 Å². The third-order valence-electron chi connectivity index (χ3n) is 5.30. The predicted octanol–water partition coefficient (Wildman–Crippen LogP) is 1.88. The number of nitrogens with one attached hydrogen (secondary N) is 1. The summed E-state index contributed by atoms with van der Waals surface area (Å²) in [6, 6.07) is 4.43. The minimum atomic E-state index is -0.624. The Morgan fingerprint density at radius 1 is 1.44 bits per heavy atom. The van der Waals surface area contributed by atoms with Gasteiger partial charge in [0.1, 0.15) is 30.8 Å². The molecule has 1 N–H and O–H groups in total. The van der Waals surface area contributed by atoms with Crippen LogP contribution in [-0.2, 0) is 20.8 Å². The molecule has 0 bridgehead atoms. The number of rotatable bonds is 8. The number of nitro groups is 1. The zero-order valence-electron chi connectivity index (χ0n) is 18.2. The molecular formula is C21H22FN5O7. The minimum absolute atomic E-state index is 0.000955. The molecule has 12 nitrogen and oxygen atoms in total. The second-order valence-electron chi connectivity index (χ2n) is 7.86. The zero-order chi connectivity index (χ0) is 24.4. The third-order valence-corrected chi connectivity index (χ3v) is 5.30. The summed E-state index contributed by atoms with van der Waals surface area (Å²) in [5.41, 5.74) is 0.918. The molecule has 34 heavy (non-hydrogen) atoms. The van der Waals surface area contributed by atoms with E-state index in [1.807, 2.05) is 0 Å². The fraction of sp³-hybridized carbons (Fsp3) is 0.381. The summed E-state index contributed by atoms with van der Waals surface area (Å²) >= 11 is 0. The van der Waals surface area contributed by atoms with Crippen molar-refractivity contribution in [2.24, 2.45) is 0 Å². The number of hydrogen-bond acceptors (Lipinski definition) is 8. The molecule has 2 aliphatic rings. The van der Waals surface area contributed by atoms with Crippen LogP contribution >= 0.6 is 0 Å². The van der Waals surface area contributed by atoms with Crippen molar-refractivity contribution in [2.45, 2.75) is 25.7 Å². The number of cyclic esters (lactones) is 1. The standard InChI is InChI=1S/C21H22FN5O7/c1-12(10-32-16-7-25-9-19(27(30)31)24-20(25)33-11-16)17-4-3-14(5-18(17)22)26-8-15(34-21(26)29)6-23-13(2)28/h3-5,9,15-16H,1,6-8,10-11H2,2H3,(H,23,28). The Kier molecular flexibility index (Phi) is 6.45. The maximum absolute atomic E-state index is 14.8. The number of imidazole rings is 1. The van der Waals surface area contributed by atoms with Crippen LogP contribution in [0, 0.1) is 15.9 Å². The highest BCUT2D eigenvalue weighted by Gasteiger charge is 2.33. The molecule has 1 aromatic carbocycles. The Bertz CT molecular complexity index is 1150. The monoisotopic (exact) mass is 475 g/mol. The molecule has 3 heterocycles. The summed E-state index contributed by atoms with van der Waals surface area (Å²) in [5.74, 6) is -1.14. The first-order chi connectivity index (χ1) is 16.2. The third kappa shape index (κ3) is 4.98. The average molecular weight is 475 g/mol. The molecule has 1 saturated heterocycles. The summed E-state index contributed by atoms with van der Waals surface area (Å²) < 4.78 is 32.7. The number of benzene rings is 1. The fourth-order valence-corrected chi connectivity index (χ4v) is 3.61. The van der Waals surface area contributed by atoms with Crippen molar-refractivity contribution in [3.8, 4) is 6.01 Å². The van der Waals surface area contributed by atoms with Gasteiger partial charge in [-0.25, -0.2) is 9.18 Å². The molecule has 180 valence electrons. The summed E-state index contributed by atoms with van der Waals surface area (Å²) in [6.07, 6.45) is -0.318. The van der Waals surface area contributed by atoms with Crippen molar-refractivity contribution in [1.29, 1.82) is 0 Å². The molecular weight excluding hydrogens is 453 g/mol. The van der Waals surface area contributed by atoms with E-state index in [0.717, 1.165) is 0 Å². The van der Waals surface area contributed by atoms with Gasteiger partial charge in [-0.3, -0.25) is 14.3 Å². The molecule has 2 unspecified atom stereocenters. The van der Waals surface area contributed by atoms with Gasteiger partial charge in [0.15, 0.2) is 0 Å². The largest absolute Gasteiger partial charge is 0.443 e. The van der Waals surface area contributed by atoms with Crippen LogP contribution in [0.2, 0.25) is 0 Å². The van der Waals surface area contributed by atoms with Gasteiger partial charge < -0.3 is 29.6 Å². The van der Waals surface area contributed by atoms with Crippen molar-refractivity contribution in [1.82, 2.24) is 14.9 Å². The lowest BCUT2D eigenvalue weighted by Crippen LogP contribution is -2.33. The Labute approximate surface area is 193 Å². The molecule has 1 fully saturated rings. The van der Waals surface area contributed by atoms with E-state index in [0.29, 0.717) is 17.8 Å². The lowest BCUT2D eigenvalue weighted by molar-refractivity contribution is -0.389. The van der Waals surface area contributed by atoms with Crippen LogP contribution in [0.1, 0.15) is 12.5 Å². The molecule has 0 aliphatic carbocycles. The van der Waals surface area contributed by atoms with Gasteiger partial charge in [0.2, 0.25) is 5.91 Å². The first-order valence-corrected chi connectivity index (χ1v) is 10.4. The van der Waals surface area contributed by atoms with E-state index >= 15 is 0 Å². The van der Waals surface area contributed by atoms with Crippen LogP contribution in [0.15, 0.2) is 31.0 Å². The highest BCUT2D eigenvalue weighted by Crippen LogP contribution is 2.27. The van der Waals surface area contributed by atoms with Crippen LogP contribution in [0.5, 0.6) is 6.01 Å².